The standard InChI is InChI=1S/C30H32N4O2/c1-20-11-13-22(14-12-20)30(36)34(16-6-15-31)19-24-18-25(24)28-29(35)33-27-23(9-5-10-26(27)32-28)17-21-7-3-2-4-8-21/h2-5,7-14,24-25H,6,15-19,31H2,1H3,(H,33,35). The number of nitrogens with one attached hydrogen (secondary N) is 1. The van der Waals surface area contributed by atoms with E-state index >= 15 is 0 Å². The topological polar surface area (TPSA) is 92.1 Å². The van der Waals surface area contributed by atoms with Crippen molar-refractivity contribution in [3.8, 4) is 0 Å². The third-order valence-corrected chi connectivity index (χ3v) is 7.02. The van der Waals surface area contributed by atoms with Gasteiger partial charge < -0.3 is 15.6 Å². The Bertz CT molecular complexity index is 1410. The molecule has 2 atom stereocenters. The van der Waals surface area contributed by atoms with Crippen LogP contribution in [0.3, 0.4) is 0 Å². The van der Waals surface area contributed by atoms with Gasteiger partial charge in [-0.15, -0.1) is 0 Å². The summed E-state index contributed by atoms with van der Waals surface area (Å²) in [5, 5.41) is 0. The van der Waals surface area contributed by atoms with Gasteiger partial charge >= 0.3 is 0 Å². The van der Waals surface area contributed by atoms with Crippen molar-refractivity contribution >= 4 is 16.9 Å². The van der Waals surface area contributed by atoms with Crippen LogP contribution >= 0.6 is 0 Å². The van der Waals surface area contributed by atoms with E-state index in [0.29, 0.717) is 30.9 Å². The predicted octanol–water partition coefficient (Wildman–Crippen LogP) is 4.42. The molecule has 0 bridgehead atoms. The first-order valence-corrected chi connectivity index (χ1v) is 12.6. The van der Waals surface area contributed by atoms with Gasteiger partial charge in [-0.1, -0.05) is 60.2 Å². The molecule has 0 aliphatic heterocycles. The van der Waals surface area contributed by atoms with E-state index in [9.17, 15) is 9.59 Å². The van der Waals surface area contributed by atoms with Crippen molar-refractivity contribution in [1.82, 2.24) is 14.9 Å². The molecular weight excluding hydrogens is 448 g/mol. The highest BCUT2D eigenvalue weighted by Crippen LogP contribution is 2.46. The van der Waals surface area contributed by atoms with Gasteiger partial charge in [0, 0.05) is 24.6 Å². The van der Waals surface area contributed by atoms with E-state index < -0.39 is 0 Å². The molecular formula is C30H32N4O2. The monoisotopic (exact) mass is 480 g/mol. The van der Waals surface area contributed by atoms with E-state index in [1.807, 2.05) is 72.5 Å². The van der Waals surface area contributed by atoms with Crippen molar-refractivity contribution in [3.63, 3.8) is 0 Å². The normalized spacial score (nSPS) is 16.7. The lowest BCUT2D eigenvalue weighted by Gasteiger charge is -2.23. The molecule has 1 aromatic heterocycles. The first-order chi connectivity index (χ1) is 17.5. The number of carbonyl (C=O) groups is 1. The van der Waals surface area contributed by atoms with Crippen LogP contribution in [0.4, 0.5) is 0 Å². The van der Waals surface area contributed by atoms with Crippen LogP contribution in [0, 0.1) is 12.8 Å². The minimum absolute atomic E-state index is 0.0139. The van der Waals surface area contributed by atoms with Crippen molar-refractivity contribution in [2.24, 2.45) is 11.7 Å². The minimum Gasteiger partial charge on any atom is -0.338 e. The van der Waals surface area contributed by atoms with Gasteiger partial charge in [0.25, 0.3) is 11.5 Å². The van der Waals surface area contributed by atoms with Crippen molar-refractivity contribution in [1.29, 1.82) is 0 Å². The number of benzene rings is 3. The van der Waals surface area contributed by atoms with Gasteiger partial charge in [-0.3, -0.25) is 9.59 Å². The maximum Gasteiger partial charge on any atom is 0.270 e. The Labute approximate surface area is 211 Å². The molecule has 1 aliphatic carbocycles. The highest BCUT2D eigenvalue weighted by molar-refractivity contribution is 5.94. The van der Waals surface area contributed by atoms with Crippen LogP contribution in [0.1, 0.15) is 51.5 Å². The quantitative estimate of drug-likeness (QED) is 0.371. The van der Waals surface area contributed by atoms with Gasteiger partial charge in [0.1, 0.15) is 5.69 Å². The molecule has 4 aromatic rings. The maximum absolute atomic E-state index is 13.2. The molecule has 0 radical (unpaired) electrons. The Morgan fingerprint density at radius 3 is 2.58 bits per heavy atom. The van der Waals surface area contributed by atoms with Crippen molar-refractivity contribution in [2.45, 2.75) is 32.1 Å². The van der Waals surface area contributed by atoms with E-state index in [1.165, 1.54) is 5.56 Å². The number of aryl methyl sites for hydroxylation is 1. The van der Waals surface area contributed by atoms with Crippen LogP contribution < -0.4 is 11.3 Å². The fraction of sp³-hybridized carbons (Fsp3) is 0.300. The molecule has 0 saturated heterocycles. The highest BCUT2D eigenvalue weighted by Gasteiger charge is 2.43. The Kier molecular flexibility index (Phi) is 6.96. The van der Waals surface area contributed by atoms with Crippen molar-refractivity contribution in [2.75, 3.05) is 19.6 Å². The zero-order valence-electron chi connectivity index (χ0n) is 20.6. The summed E-state index contributed by atoms with van der Waals surface area (Å²) in [5.41, 5.74) is 11.8. The fourth-order valence-corrected chi connectivity index (χ4v) is 4.90. The second-order valence-corrected chi connectivity index (χ2v) is 9.79. The van der Waals surface area contributed by atoms with Crippen LogP contribution in [-0.2, 0) is 6.42 Å². The molecule has 6 heteroatoms. The molecule has 0 spiro atoms. The Morgan fingerprint density at radius 1 is 1.06 bits per heavy atom. The lowest BCUT2D eigenvalue weighted by molar-refractivity contribution is 0.0746. The summed E-state index contributed by atoms with van der Waals surface area (Å²) in [6, 6.07) is 23.9. The number of fused-ring (bicyclic) bond motifs is 1. The third-order valence-electron chi connectivity index (χ3n) is 7.02. The largest absolute Gasteiger partial charge is 0.338 e. The molecule has 1 heterocycles. The third kappa shape index (κ3) is 5.24. The summed E-state index contributed by atoms with van der Waals surface area (Å²) in [7, 11) is 0. The Morgan fingerprint density at radius 2 is 1.83 bits per heavy atom. The molecule has 3 aromatic carbocycles. The van der Waals surface area contributed by atoms with E-state index in [-0.39, 0.29) is 23.3 Å². The SMILES string of the molecule is Cc1ccc(C(=O)N(CCCN)CC2CC2c2nc3cccc(Cc4ccccc4)c3[nH]c2=O)cc1. The number of carbonyl (C=O) groups excluding carboxylic acids is 1. The zero-order chi connectivity index (χ0) is 25.1. The number of aromatic amines is 1. The number of hydrogen-bond donors (Lipinski definition) is 2. The van der Waals surface area contributed by atoms with Crippen molar-refractivity contribution < 1.29 is 4.79 Å². The molecule has 1 aliphatic rings. The lowest BCUT2D eigenvalue weighted by Crippen LogP contribution is -2.35. The van der Waals surface area contributed by atoms with Crippen LogP contribution in [0.2, 0.25) is 0 Å². The fourth-order valence-electron chi connectivity index (χ4n) is 4.90. The molecule has 6 nitrogen and oxygen atoms in total. The smallest absolute Gasteiger partial charge is 0.270 e. The van der Waals surface area contributed by atoms with E-state index in [1.54, 1.807) is 0 Å². The summed E-state index contributed by atoms with van der Waals surface area (Å²) in [4.78, 5) is 36.1. The summed E-state index contributed by atoms with van der Waals surface area (Å²) in [5.74, 6) is 0.290. The van der Waals surface area contributed by atoms with Crippen LogP contribution in [-0.4, -0.2) is 40.4 Å². The molecule has 36 heavy (non-hydrogen) atoms. The Hall–Kier alpha value is -3.77. The molecule has 1 saturated carbocycles. The number of nitrogens with zero attached hydrogens (tertiary/aromatic N) is 2. The number of H-pyrrole nitrogens is 1. The van der Waals surface area contributed by atoms with Crippen LogP contribution in [0.25, 0.3) is 11.0 Å². The molecule has 1 amide bonds. The van der Waals surface area contributed by atoms with Gasteiger partial charge in [0.2, 0.25) is 0 Å². The first-order valence-electron chi connectivity index (χ1n) is 12.6. The summed E-state index contributed by atoms with van der Waals surface area (Å²) < 4.78 is 0. The van der Waals surface area contributed by atoms with E-state index in [4.69, 9.17) is 10.7 Å². The number of aromatic nitrogens is 2. The molecule has 184 valence electrons. The maximum atomic E-state index is 13.2. The second-order valence-electron chi connectivity index (χ2n) is 9.79. The number of para-hydroxylation sites is 1. The van der Waals surface area contributed by atoms with Crippen molar-refractivity contribution in [3.05, 3.63) is 111 Å². The van der Waals surface area contributed by atoms with Gasteiger partial charge in [-0.2, -0.15) is 0 Å². The van der Waals surface area contributed by atoms with Crippen LogP contribution in [0.5, 0.6) is 0 Å². The highest BCUT2D eigenvalue weighted by atomic mass is 16.2. The zero-order valence-corrected chi connectivity index (χ0v) is 20.6. The summed E-state index contributed by atoms with van der Waals surface area (Å²) >= 11 is 0. The van der Waals surface area contributed by atoms with Gasteiger partial charge in [0.05, 0.1) is 11.0 Å². The second kappa shape index (κ2) is 10.5. The van der Waals surface area contributed by atoms with Gasteiger partial charge in [0.15, 0.2) is 0 Å². The molecule has 3 N–H and O–H groups in total. The molecule has 1 fully saturated rings. The lowest BCUT2D eigenvalue weighted by atomic mass is 10.0. The predicted molar refractivity (Wildman–Crippen MR) is 143 cm³/mol. The number of nitrogens with two attached hydrogens (primary N) is 1. The molecule has 2 unspecified atom stereocenters. The van der Waals surface area contributed by atoms with Gasteiger partial charge in [-0.05, 0) is 68.0 Å². The number of rotatable bonds is 9. The summed E-state index contributed by atoms with van der Waals surface area (Å²) in [6.07, 6.45) is 2.33. The average molecular weight is 481 g/mol. The molecule has 5 rings (SSSR count). The van der Waals surface area contributed by atoms with E-state index in [2.05, 4.69) is 17.1 Å². The average Bonchev–Trinajstić information content (AvgIpc) is 3.66. The summed E-state index contributed by atoms with van der Waals surface area (Å²) in [6.45, 7) is 3.75. The van der Waals surface area contributed by atoms with E-state index in [0.717, 1.165) is 41.4 Å². The first kappa shape index (κ1) is 23.9. The number of hydrogen-bond acceptors (Lipinski definition) is 4. The van der Waals surface area contributed by atoms with Gasteiger partial charge in [-0.25, -0.2) is 4.98 Å². The van der Waals surface area contributed by atoms with Crippen LogP contribution in [0.15, 0.2) is 77.6 Å². The number of amides is 1. The minimum atomic E-state index is -0.131. The Balaban J connectivity index is 1.34.